The summed E-state index contributed by atoms with van der Waals surface area (Å²) in [6.45, 7) is -1.12. The fourth-order valence-electron chi connectivity index (χ4n) is 0.244. The molecule has 9 heavy (non-hydrogen) atoms. The van der Waals surface area contributed by atoms with E-state index in [1.54, 1.807) is 14.1 Å². The lowest BCUT2D eigenvalue weighted by Gasteiger charge is -2.08. The van der Waals surface area contributed by atoms with Gasteiger partial charge in [-0.25, -0.2) is 0 Å². The second kappa shape index (κ2) is 4.32. The molecule has 0 aromatic carbocycles. The monoisotopic (exact) mass is 187 g/mol. The van der Waals surface area contributed by atoms with Crippen LogP contribution in [0, 0.1) is 0 Å². The zero-order valence-corrected chi connectivity index (χ0v) is 7.67. The summed E-state index contributed by atoms with van der Waals surface area (Å²) < 4.78 is 0. The molecule has 0 spiro atoms. The molecule has 0 aromatic heterocycles. The van der Waals surface area contributed by atoms with E-state index in [0.717, 1.165) is 0 Å². The Hall–Kier alpha value is 0.480. The maximum Gasteiger partial charge on any atom is 0.228 e. The van der Waals surface area contributed by atoms with Gasteiger partial charge in [0.2, 0.25) is 5.91 Å². The molecule has 2 nitrogen and oxygen atoms in total. The average Bonchev–Trinajstić information content (AvgIpc) is 1.63. The Kier molecular flexibility index (Phi) is 4.55. The molecule has 5 heteroatoms. The molecule has 0 N–H and O–H groups in total. The van der Waals surface area contributed by atoms with E-state index in [-0.39, 0.29) is 12.1 Å². The summed E-state index contributed by atoms with van der Waals surface area (Å²) >= 11 is 10.8. The van der Waals surface area contributed by atoms with Gasteiger partial charge in [-0.3, -0.25) is 4.79 Å². The molecule has 1 amide bonds. The van der Waals surface area contributed by atoms with Crippen molar-refractivity contribution in [2.45, 2.75) is 0 Å². The van der Waals surface area contributed by atoms with Gasteiger partial charge >= 0.3 is 0 Å². The van der Waals surface area contributed by atoms with E-state index in [4.69, 9.17) is 22.5 Å². The average molecular weight is 188 g/mol. The predicted octanol–water partition coefficient (Wildman–Crippen LogP) is 1.86. The Balaban J connectivity index is 3.51. The highest BCUT2D eigenvalue weighted by molar-refractivity contribution is 8.04. The maximum atomic E-state index is 10.7. The van der Waals surface area contributed by atoms with Crippen LogP contribution in [-0.2, 0) is 4.79 Å². The molecule has 0 saturated heterocycles. The first-order chi connectivity index (χ1) is 4.04. The first-order valence-corrected chi connectivity index (χ1v) is 5.67. The molecule has 0 aromatic rings. The summed E-state index contributed by atoms with van der Waals surface area (Å²) in [6.07, 6.45) is 0.255. The van der Waals surface area contributed by atoms with Crippen molar-refractivity contribution >= 4 is 35.0 Å². The van der Waals surface area contributed by atoms with E-state index in [2.05, 4.69) is 0 Å². The number of hydrogen-bond donors (Lipinski definition) is 0. The lowest BCUT2D eigenvalue weighted by molar-refractivity contribution is -0.125. The summed E-state index contributed by atoms with van der Waals surface area (Å²) in [6, 6.07) is 0. The van der Waals surface area contributed by atoms with Gasteiger partial charge in [0.25, 0.3) is 0 Å². The van der Waals surface area contributed by atoms with Gasteiger partial charge in [0.1, 0.15) is 0 Å². The molecule has 0 bridgehead atoms. The van der Waals surface area contributed by atoms with Crippen LogP contribution in [0.2, 0.25) is 0 Å². The number of hydrogen-bond acceptors (Lipinski definition) is 1. The summed E-state index contributed by atoms with van der Waals surface area (Å²) in [5.41, 5.74) is 0. The fourth-order valence-corrected chi connectivity index (χ4v) is 1.34. The second-order valence-corrected chi connectivity index (χ2v) is 5.64. The van der Waals surface area contributed by atoms with Gasteiger partial charge in [0.05, 0.1) is 12.8 Å². The van der Waals surface area contributed by atoms with E-state index < -0.39 is 6.63 Å². The van der Waals surface area contributed by atoms with Crippen molar-refractivity contribution in [3.8, 4) is 0 Å². The van der Waals surface area contributed by atoms with E-state index in [0.29, 0.717) is 0 Å². The summed E-state index contributed by atoms with van der Waals surface area (Å²) in [5.74, 6) is -0.0221. The van der Waals surface area contributed by atoms with Crippen molar-refractivity contribution in [1.29, 1.82) is 0 Å². The van der Waals surface area contributed by atoms with E-state index in [9.17, 15) is 4.79 Å². The standard InChI is InChI=1S/C4H8Cl2NOP/c1-7(2)4(8)3-9(5)6/h3H2,1-2H3. The predicted molar refractivity (Wildman–Crippen MR) is 42.2 cm³/mol. The Morgan fingerprint density at radius 1 is 1.56 bits per heavy atom. The van der Waals surface area contributed by atoms with Crippen molar-refractivity contribution in [2.75, 3.05) is 20.3 Å². The van der Waals surface area contributed by atoms with Crippen LogP contribution in [0.25, 0.3) is 0 Å². The summed E-state index contributed by atoms with van der Waals surface area (Å²) in [7, 11) is 3.35. The minimum atomic E-state index is -1.12. The van der Waals surface area contributed by atoms with Crippen LogP contribution in [0.1, 0.15) is 0 Å². The number of nitrogens with zero attached hydrogens (tertiary/aromatic N) is 1. The van der Waals surface area contributed by atoms with Gasteiger partial charge in [-0.05, 0) is 0 Å². The van der Waals surface area contributed by atoms with Crippen LogP contribution >= 0.6 is 29.1 Å². The normalized spacial score (nSPS) is 9.89. The van der Waals surface area contributed by atoms with Crippen molar-refractivity contribution in [1.82, 2.24) is 4.90 Å². The Morgan fingerprint density at radius 2 is 2.00 bits per heavy atom. The van der Waals surface area contributed by atoms with Crippen molar-refractivity contribution < 1.29 is 4.79 Å². The van der Waals surface area contributed by atoms with Crippen molar-refractivity contribution in [2.24, 2.45) is 0 Å². The number of carbonyl (C=O) groups is 1. The molecule has 0 radical (unpaired) electrons. The molecule has 0 atom stereocenters. The highest BCUT2D eigenvalue weighted by atomic mass is 35.9. The van der Waals surface area contributed by atoms with E-state index in [1.165, 1.54) is 4.90 Å². The molecule has 0 aliphatic carbocycles. The third-order valence-electron chi connectivity index (χ3n) is 0.754. The van der Waals surface area contributed by atoms with E-state index >= 15 is 0 Å². The minimum Gasteiger partial charge on any atom is -0.348 e. The van der Waals surface area contributed by atoms with Gasteiger partial charge < -0.3 is 4.90 Å². The zero-order chi connectivity index (χ0) is 7.44. The maximum absolute atomic E-state index is 10.7. The quantitative estimate of drug-likeness (QED) is 0.605. The molecule has 0 saturated carbocycles. The molecule has 0 heterocycles. The number of rotatable bonds is 2. The van der Waals surface area contributed by atoms with Crippen LogP contribution in [0.15, 0.2) is 0 Å². The largest absolute Gasteiger partial charge is 0.348 e. The molecule has 0 aliphatic rings. The third-order valence-corrected chi connectivity index (χ3v) is 1.98. The fraction of sp³-hybridized carbons (Fsp3) is 0.750. The molecule has 0 rings (SSSR count). The smallest absolute Gasteiger partial charge is 0.228 e. The van der Waals surface area contributed by atoms with Gasteiger partial charge in [-0.2, -0.15) is 0 Å². The second-order valence-electron chi connectivity index (χ2n) is 1.75. The van der Waals surface area contributed by atoms with Crippen LogP contribution in [-0.4, -0.2) is 31.1 Å². The third kappa shape index (κ3) is 4.95. The Morgan fingerprint density at radius 3 is 2.11 bits per heavy atom. The summed E-state index contributed by atoms with van der Waals surface area (Å²) in [4.78, 5) is 12.2. The van der Waals surface area contributed by atoms with Crippen molar-refractivity contribution in [3.05, 3.63) is 0 Å². The van der Waals surface area contributed by atoms with Gasteiger partial charge in [-0.15, -0.1) is 0 Å². The number of amides is 1. The molecular weight excluding hydrogens is 180 g/mol. The lowest BCUT2D eigenvalue weighted by Crippen LogP contribution is -2.23. The van der Waals surface area contributed by atoms with Crippen molar-refractivity contribution in [3.63, 3.8) is 0 Å². The highest BCUT2D eigenvalue weighted by Gasteiger charge is 2.08. The van der Waals surface area contributed by atoms with Gasteiger partial charge in [0.15, 0.2) is 0 Å². The Bertz CT molecular complexity index is 107. The number of halogens is 2. The summed E-state index contributed by atoms with van der Waals surface area (Å²) in [5, 5.41) is 0. The lowest BCUT2D eigenvalue weighted by atomic mass is 10.6. The molecular formula is C4H8Cl2NOP. The topological polar surface area (TPSA) is 20.3 Å². The van der Waals surface area contributed by atoms with E-state index in [1.807, 2.05) is 0 Å². The highest BCUT2D eigenvalue weighted by Crippen LogP contribution is 2.46. The molecule has 54 valence electrons. The first-order valence-electron chi connectivity index (χ1n) is 2.33. The number of carbonyl (C=O) groups excluding carboxylic acids is 1. The molecule has 0 aliphatic heterocycles. The SMILES string of the molecule is CN(C)C(=O)CP(Cl)Cl. The Labute approximate surface area is 65.4 Å². The minimum absolute atomic E-state index is 0.0221. The zero-order valence-electron chi connectivity index (χ0n) is 5.27. The molecule has 0 fully saturated rings. The first kappa shape index (κ1) is 9.48. The van der Waals surface area contributed by atoms with Crippen LogP contribution in [0.5, 0.6) is 0 Å². The van der Waals surface area contributed by atoms with Crippen LogP contribution in [0.4, 0.5) is 0 Å². The van der Waals surface area contributed by atoms with Crippen LogP contribution < -0.4 is 0 Å². The van der Waals surface area contributed by atoms with Gasteiger partial charge in [0, 0.05) is 14.1 Å². The van der Waals surface area contributed by atoms with Crippen LogP contribution in [0.3, 0.4) is 0 Å². The molecule has 0 unspecified atom stereocenters. The van der Waals surface area contributed by atoms with Gasteiger partial charge in [-0.1, -0.05) is 22.5 Å².